The molecule has 1 aromatic heterocycles. The molecule has 28 heavy (non-hydrogen) atoms. The second-order valence-corrected chi connectivity index (χ2v) is 7.64. The molecule has 0 spiro atoms. The lowest BCUT2D eigenvalue weighted by molar-refractivity contribution is 0.215. The molecule has 0 aliphatic carbocycles. The molecule has 2 heterocycles. The highest BCUT2D eigenvalue weighted by molar-refractivity contribution is 5.79. The van der Waals surface area contributed by atoms with Gasteiger partial charge in [-0.3, -0.25) is 9.89 Å². The summed E-state index contributed by atoms with van der Waals surface area (Å²) >= 11 is 0. The number of guanidine groups is 1. The molecule has 1 aliphatic heterocycles. The SMILES string of the molecule is CN=C(NCc1cccc(CN(C)C)c1)NCC(c1ccco1)N1CCCC1. The maximum Gasteiger partial charge on any atom is 0.191 e. The predicted molar refractivity (Wildman–Crippen MR) is 114 cm³/mol. The van der Waals surface area contributed by atoms with Crippen LogP contribution in [0.1, 0.15) is 35.8 Å². The summed E-state index contributed by atoms with van der Waals surface area (Å²) in [6.45, 7) is 4.71. The summed E-state index contributed by atoms with van der Waals surface area (Å²) in [5.74, 6) is 1.83. The molecule has 1 aromatic carbocycles. The Morgan fingerprint density at radius 3 is 2.61 bits per heavy atom. The minimum Gasteiger partial charge on any atom is -0.468 e. The van der Waals surface area contributed by atoms with Crippen molar-refractivity contribution in [1.29, 1.82) is 0 Å². The highest BCUT2D eigenvalue weighted by atomic mass is 16.3. The van der Waals surface area contributed by atoms with Crippen LogP contribution in [0, 0.1) is 0 Å². The molecule has 1 aliphatic rings. The van der Waals surface area contributed by atoms with Gasteiger partial charge in [-0.05, 0) is 63.3 Å². The molecule has 1 unspecified atom stereocenters. The van der Waals surface area contributed by atoms with E-state index >= 15 is 0 Å². The van der Waals surface area contributed by atoms with Gasteiger partial charge in [0.2, 0.25) is 0 Å². The first-order chi connectivity index (χ1) is 13.7. The maximum atomic E-state index is 5.70. The van der Waals surface area contributed by atoms with E-state index in [2.05, 4.69) is 69.9 Å². The first-order valence-electron chi connectivity index (χ1n) is 10.1. The van der Waals surface area contributed by atoms with Crippen molar-refractivity contribution < 1.29 is 4.42 Å². The minimum atomic E-state index is 0.236. The molecule has 2 aromatic rings. The number of benzene rings is 1. The van der Waals surface area contributed by atoms with Crippen LogP contribution >= 0.6 is 0 Å². The van der Waals surface area contributed by atoms with Gasteiger partial charge in [0.05, 0.1) is 12.3 Å². The molecule has 1 saturated heterocycles. The molecule has 6 heteroatoms. The lowest BCUT2D eigenvalue weighted by Crippen LogP contribution is -2.42. The van der Waals surface area contributed by atoms with Crippen LogP contribution in [0.2, 0.25) is 0 Å². The van der Waals surface area contributed by atoms with Crippen LogP contribution in [-0.2, 0) is 13.1 Å². The van der Waals surface area contributed by atoms with Gasteiger partial charge >= 0.3 is 0 Å². The van der Waals surface area contributed by atoms with Crippen LogP contribution in [0.15, 0.2) is 52.1 Å². The first kappa shape index (κ1) is 20.4. The van der Waals surface area contributed by atoms with Crippen LogP contribution in [-0.4, -0.2) is 56.5 Å². The summed E-state index contributed by atoms with van der Waals surface area (Å²) in [4.78, 5) is 9.06. The fourth-order valence-corrected chi connectivity index (χ4v) is 3.75. The van der Waals surface area contributed by atoms with Gasteiger partial charge < -0.3 is 20.0 Å². The molecule has 0 saturated carbocycles. The monoisotopic (exact) mass is 383 g/mol. The molecular weight excluding hydrogens is 350 g/mol. The van der Waals surface area contributed by atoms with E-state index in [0.717, 1.165) is 44.4 Å². The third-order valence-electron chi connectivity index (χ3n) is 5.09. The molecule has 0 bridgehead atoms. The fraction of sp³-hybridized carbons (Fsp3) is 0.500. The first-order valence-corrected chi connectivity index (χ1v) is 10.1. The fourth-order valence-electron chi connectivity index (χ4n) is 3.75. The number of furan rings is 1. The average molecular weight is 384 g/mol. The van der Waals surface area contributed by atoms with Gasteiger partial charge in [-0.15, -0.1) is 0 Å². The van der Waals surface area contributed by atoms with Crippen LogP contribution in [0.25, 0.3) is 0 Å². The zero-order chi connectivity index (χ0) is 19.8. The Hall–Kier alpha value is -2.31. The lowest BCUT2D eigenvalue weighted by Gasteiger charge is -2.26. The van der Waals surface area contributed by atoms with E-state index in [1.165, 1.54) is 24.0 Å². The third-order valence-corrected chi connectivity index (χ3v) is 5.09. The molecule has 0 radical (unpaired) electrons. The average Bonchev–Trinajstić information content (AvgIpc) is 3.39. The number of likely N-dealkylation sites (tertiary alicyclic amines) is 1. The van der Waals surface area contributed by atoms with E-state index < -0.39 is 0 Å². The molecule has 1 atom stereocenters. The van der Waals surface area contributed by atoms with Crippen molar-refractivity contribution in [3.63, 3.8) is 0 Å². The summed E-state index contributed by atoms with van der Waals surface area (Å²) in [6, 6.07) is 12.9. The smallest absolute Gasteiger partial charge is 0.191 e. The van der Waals surface area contributed by atoms with Crippen LogP contribution in [0.5, 0.6) is 0 Å². The van der Waals surface area contributed by atoms with Crippen molar-refractivity contribution in [2.75, 3.05) is 40.8 Å². The quantitative estimate of drug-likeness (QED) is 0.542. The topological polar surface area (TPSA) is 56.0 Å². The zero-order valence-electron chi connectivity index (χ0n) is 17.3. The van der Waals surface area contributed by atoms with Gasteiger partial charge in [0, 0.05) is 26.7 Å². The van der Waals surface area contributed by atoms with Crippen molar-refractivity contribution in [2.45, 2.75) is 32.0 Å². The summed E-state index contributed by atoms with van der Waals surface area (Å²) in [5, 5.41) is 6.91. The van der Waals surface area contributed by atoms with Crippen LogP contribution < -0.4 is 10.6 Å². The van der Waals surface area contributed by atoms with E-state index in [1.807, 2.05) is 13.1 Å². The second kappa shape index (κ2) is 10.3. The van der Waals surface area contributed by atoms with Gasteiger partial charge in [-0.1, -0.05) is 24.3 Å². The van der Waals surface area contributed by atoms with E-state index in [0.29, 0.717) is 0 Å². The lowest BCUT2D eigenvalue weighted by atomic mass is 10.1. The largest absolute Gasteiger partial charge is 0.468 e. The summed E-state index contributed by atoms with van der Waals surface area (Å²) in [6.07, 6.45) is 4.27. The number of hydrogen-bond donors (Lipinski definition) is 2. The van der Waals surface area contributed by atoms with Gasteiger partial charge in [-0.25, -0.2) is 0 Å². The van der Waals surface area contributed by atoms with Gasteiger partial charge in [0.25, 0.3) is 0 Å². The highest BCUT2D eigenvalue weighted by Gasteiger charge is 2.25. The van der Waals surface area contributed by atoms with Crippen LogP contribution in [0.3, 0.4) is 0 Å². The van der Waals surface area contributed by atoms with Crippen molar-refractivity contribution in [3.8, 4) is 0 Å². The van der Waals surface area contributed by atoms with Gasteiger partial charge in [0.1, 0.15) is 5.76 Å². The summed E-state index contributed by atoms with van der Waals surface area (Å²) in [5.41, 5.74) is 2.57. The summed E-state index contributed by atoms with van der Waals surface area (Å²) < 4.78 is 5.70. The molecule has 2 N–H and O–H groups in total. The number of rotatable bonds is 8. The zero-order valence-corrected chi connectivity index (χ0v) is 17.3. The Kier molecular flexibility index (Phi) is 7.51. The maximum absolute atomic E-state index is 5.70. The number of aliphatic imine (C=N–C) groups is 1. The second-order valence-electron chi connectivity index (χ2n) is 7.64. The molecule has 3 rings (SSSR count). The Morgan fingerprint density at radius 2 is 1.93 bits per heavy atom. The van der Waals surface area contributed by atoms with Crippen LogP contribution in [0.4, 0.5) is 0 Å². The Balaban J connectivity index is 1.55. The van der Waals surface area contributed by atoms with E-state index in [9.17, 15) is 0 Å². The molecular formula is C22H33N5O. The number of hydrogen-bond acceptors (Lipinski definition) is 4. The van der Waals surface area contributed by atoms with E-state index in [4.69, 9.17) is 4.42 Å². The normalized spacial score (nSPS) is 16.5. The van der Waals surface area contributed by atoms with E-state index in [-0.39, 0.29) is 6.04 Å². The third kappa shape index (κ3) is 5.84. The Morgan fingerprint density at radius 1 is 1.14 bits per heavy atom. The summed E-state index contributed by atoms with van der Waals surface area (Å²) in [7, 11) is 5.99. The van der Waals surface area contributed by atoms with Crippen molar-refractivity contribution in [3.05, 3.63) is 59.5 Å². The van der Waals surface area contributed by atoms with Crippen molar-refractivity contribution >= 4 is 5.96 Å². The van der Waals surface area contributed by atoms with Crippen molar-refractivity contribution in [1.82, 2.24) is 20.4 Å². The molecule has 1 fully saturated rings. The van der Waals surface area contributed by atoms with Crippen molar-refractivity contribution in [2.24, 2.45) is 4.99 Å². The van der Waals surface area contributed by atoms with Gasteiger partial charge in [-0.2, -0.15) is 0 Å². The molecule has 0 amide bonds. The minimum absolute atomic E-state index is 0.236. The highest BCUT2D eigenvalue weighted by Crippen LogP contribution is 2.24. The predicted octanol–water partition coefficient (Wildman–Crippen LogP) is 2.84. The number of nitrogens with one attached hydrogen (secondary N) is 2. The standard InChI is InChI=1S/C22H33N5O/c1-23-22(24-15-18-8-6-9-19(14-18)17-26(2)3)25-16-20(21-10-7-13-28-21)27-11-4-5-12-27/h6-10,13-14,20H,4-5,11-12,15-17H2,1-3H3,(H2,23,24,25). The Bertz CT molecular complexity index is 735. The molecule has 152 valence electrons. The Labute approximate surface area is 168 Å². The van der Waals surface area contributed by atoms with E-state index in [1.54, 1.807) is 6.26 Å². The number of nitrogens with zero attached hydrogens (tertiary/aromatic N) is 3. The van der Waals surface area contributed by atoms with Gasteiger partial charge in [0.15, 0.2) is 5.96 Å². The molecule has 6 nitrogen and oxygen atoms in total.